The second kappa shape index (κ2) is 6.98. The van der Waals surface area contributed by atoms with Crippen molar-refractivity contribution in [1.29, 1.82) is 0 Å². The van der Waals surface area contributed by atoms with Crippen molar-refractivity contribution in [3.05, 3.63) is 54.2 Å². The number of nitrogens with one attached hydrogen (secondary N) is 1. The van der Waals surface area contributed by atoms with Gasteiger partial charge in [-0.05, 0) is 54.6 Å². The molecular weight excluding hydrogens is 258 g/mol. The molecule has 2 heteroatoms. The quantitative estimate of drug-likeness (QED) is 0.667. The third-order valence-electron chi connectivity index (χ3n) is 3.38. The molecule has 1 N–H and O–H groups in total. The highest BCUT2D eigenvalue weighted by atomic mass is 16.5. The van der Waals surface area contributed by atoms with Crippen molar-refractivity contribution in [2.45, 2.75) is 27.7 Å². The van der Waals surface area contributed by atoms with E-state index in [0.29, 0.717) is 6.61 Å². The summed E-state index contributed by atoms with van der Waals surface area (Å²) in [6.07, 6.45) is 1.97. The van der Waals surface area contributed by atoms with E-state index in [9.17, 15) is 0 Å². The molecule has 2 aromatic carbocycles. The fraction of sp³-hybridized carbons (Fsp3) is 0.263. The second-order valence-corrected chi connectivity index (χ2v) is 4.66. The third-order valence-corrected chi connectivity index (χ3v) is 3.38. The fourth-order valence-corrected chi connectivity index (χ4v) is 2.47. The Morgan fingerprint density at radius 3 is 2.52 bits per heavy atom. The molecule has 0 spiro atoms. The summed E-state index contributed by atoms with van der Waals surface area (Å²) in [4.78, 5) is 3.25. The lowest BCUT2D eigenvalue weighted by atomic mass is 9.98. The molecule has 3 aromatic rings. The number of hydrogen-bond donors (Lipinski definition) is 1. The number of fused-ring (bicyclic) bond motifs is 1. The first kappa shape index (κ1) is 15.2. The molecule has 0 saturated carbocycles. The van der Waals surface area contributed by atoms with Crippen LogP contribution in [0.15, 0.2) is 48.7 Å². The van der Waals surface area contributed by atoms with Gasteiger partial charge in [0.25, 0.3) is 0 Å². The van der Waals surface area contributed by atoms with E-state index < -0.39 is 0 Å². The zero-order valence-corrected chi connectivity index (χ0v) is 13.2. The summed E-state index contributed by atoms with van der Waals surface area (Å²) in [6, 6.07) is 14.7. The first-order valence-corrected chi connectivity index (χ1v) is 7.59. The van der Waals surface area contributed by atoms with E-state index >= 15 is 0 Å². The molecule has 0 unspecified atom stereocenters. The normalized spacial score (nSPS) is 10.1. The standard InChI is InChI=1S/C17H17NO.C2H6/c1-3-19-17-7-5-4-6-14(17)15-11-13-8-9-18-16(13)10-12(15)2;1-2/h4-11,18H,3H2,1-2H3;1-2H3. The van der Waals surface area contributed by atoms with Crippen LogP contribution in [-0.2, 0) is 0 Å². The third kappa shape index (κ3) is 3.10. The number of benzene rings is 2. The van der Waals surface area contributed by atoms with Gasteiger partial charge >= 0.3 is 0 Å². The first-order chi connectivity index (χ1) is 10.3. The van der Waals surface area contributed by atoms with Crippen molar-refractivity contribution in [2.75, 3.05) is 6.61 Å². The van der Waals surface area contributed by atoms with E-state index in [4.69, 9.17) is 4.74 Å². The number of H-pyrrole nitrogens is 1. The number of aromatic nitrogens is 1. The molecule has 0 atom stereocenters. The molecule has 0 radical (unpaired) electrons. The molecular formula is C19H23NO. The van der Waals surface area contributed by atoms with Gasteiger partial charge < -0.3 is 9.72 Å². The van der Waals surface area contributed by atoms with Gasteiger partial charge in [-0.1, -0.05) is 32.0 Å². The van der Waals surface area contributed by atoms with Crippen LogP contribution in [-0.4, -0.2) is 11.6 Å². The van der Waals surface area contributed by atoms with Crippen LogP contribution in [0.1, 0.15) is 26.3 Å². The van der Waals surface area contributed by atoms with Crippen LogP contribution < -0.4 is 4.74 Å². The summed E-state index contributed by atoms with van der Waals surface area (Å²) in [6.45, 7) is 8.83. The first-order valence-electron chi connectivity index (χ1n) is 7.59. The average molecular weight is 281 g/mol. The highest BCUT2D eigenvalue weighted by Crippen LogP contribution is 2.34. The number of rotatable bonds is 3. The number of aryl methyl sites for hydroxylation is 1. The smallest absolute Gasteiger partial charge is 0.127 e. The van der Waals surface area contributed by atoms with E-state index in [1.165, 1.54) is 22.0 Å². The van der Waals surface area contributed by atoms with E-state index in [2.05, 4.69) is 42.2 Å². The summed E-state index contributed by atoms with van der Waals surface area (Å²) in [5, 5.41) is 1.23. The van der Waals surface area contributed by atoms with E-state index in [1.807, 2.05) is 39.1 Å². The maximum Gasteiger partial charge on any atom is 0.127 e. The lowest BCUT2D eigenvalue weighted by Gasteiger charge is -2.12. The summed E-state index contributed by atoms with van der Waals surface area (Å²) >= 11 is 0. The van der Waals surface area contributed by atoms with Crippen LogP contribution in [0.4, 0.5) is 0 Å². The van der Waals surface area contributed by atoms with Crippen LogP contribution in [0.5, 0.6) is 5.75 Å². The molecule has 110 valence electrons. The highest BCUT2D eigenvalue weighted by Gasteiger charge is 2.09. The van der Waals surface area contributed by atoms with Gasteiger partial charge in [-0.2, -0.15) is 0 Å². The Labute approximate surface area is 126 Å². The predicted molar refractivity (Wildman–Crippen MR) is 91.0 cm³/mol. The van der Waals surface area contributed by atoms with Gasteiger partial charge in [0, 0.05) is 17.3 Å². The Bertz CT molecular complexity index is 712. The maximum atomic E-state index is 5.73. The molecule has 0 aliphatic carbocycles. The topological polar surface area (TPSA) is 25.0 Å². The zero-order valence-electron chi connectivity index (χ0n) is 13.2. The molecule has 0 aliphatic heterocycles. The predicted octanol–water partition coefficient (Wildman–Crippen LogP) is 5.57. The molecule has 0 fully saturated rings. The molecule has 3 rings (SSSR count). The van der Waals surface area contributed by atoms with Crippen LogP contribution >= 0.6 is 0 Å². The minimum atomic E-state index is 0.683. The van der Waals surface area contributed by atoms with Crippen molar-refractivity contribution in [3.8, 4) is 16.9 Å². The average Bonchev–Trinajstić information content (AvgIpc) is 2.97. The summed E-state index contributed by atoms with van der Waals surface area (Å²) in [5.74, 6) is 0.947. The van der Waals surface area contributed by atoms with E-state index in [-0.39, 0.29) is 0 Å². The van der Waals surface area contributed by atoms with Gasteiger partial charge in [-0.3, -0.25) is 0 Å². The van der Waals surface area contributed by atoms with Crippen molar-refractivity contribution in [2.24, 2.45) is 0 Å². The maximum absolute atomic E-state index is 5.73. The Balaban J connectivity index is 0.000000774. The molecule has 21 heavy (non-hydrogen) atoms. The van der Waals surface area contributed by atoms with Crippen molar-refractivity contribution >= 4 is 10.9 Å². The van der Waals surface area contributed by atoms with Crippen molar-refractivity contribution in [1.82, 2.24) is 4.98 Å². The Morgan fingerprint density at radius 1 is 1.00 bits per heavy atom. The molecule has 1 aromatic heterocycles. The molecule has 1 heterocycles. The van der Waals surface area contributed by atoms with Gasteiger partial charge in [-0.25, -0.2) is 0 Å². The molecule has 0 saturated heterocycles. The van der Waals surface area contributed by atoms with Crippen molar-refractivity contribution < 1.29 is 4.74 Å². The van der Waals surface area contributed by atoms with Crippen LogP contribution in [0.3, 0.4) is 0 Å². The van der Waals surface area contributed by atoms with Crippen LogP contribution in [0.2, 0.25) is 0 Å². The zero-order chi connectivity index (χ0) is 15.2. The van der Waals surface area contributed by atoms with E-state index in [1.54, 1.807) is 0 Å². The fourth-order valence-electron chi connectivity index (χ4n) is 2.47. The monoisotopic (exact) mass is 281 g/mol. The number of ether oxygens (including phenoxy) is 1. The van der Waals surface area contributed by atoms with Crippen molar-refractivity contribution in [3.63, 3.8) is 0 Å². The van der Waals surface area contributed by atoms with E-state index in [0.717, 1.165) is 11.3 Å². The largest absolute Gasteiger partial charge is 0.493 e. The summed E-state index contributed by atoms with van der Waals surface area (Å²) in [7, 11) is 0. The minimum Gasteiger partial charge on any atom is -0.493 e. The Morgan fingerprint density at radius 2 is 1.76 bits per heavy atom. The molecule has 0 amide bonds. The Hall–Kier alpha value is -2.22. The minimum absolute atomic E-state index is 0.683. The summed E-state index contributed by atoms with van der Waals surface area (Å²) < 4.78 is 5.73. The highest BCUT2D eigenvalue weighted by molar-refractivity contribution is 5.88. The SMILES string of the molecule is CC.CCOc1ccccc1-c1cc2cc[nH]c2cc1C. The number of para-hydroxylation sites is 1. The van der Waals surface area contributed by atoms with Gasteiger partial charge in [-0.15, -0.1) is 0 Å². The van der Waals surface area contributed by atoms with Crippen LogP contribution in [0.25, 0.3) is 22.0 Å². The van der Waals surface area contributed by atoms with Gasteiger partial charge in [0.15, 0.2) is 0 Å². The lowest BCUT2D eigenvalue weighted by molar-refractivity contribution is 0.341. The molecule has 0 bridgehead atoms. The summed E-state index contributed by atoms with van der Waals surface area (Å²) in [5.41, 5.74) is 4.82. The van der Waals surface area contributed by atoms with Gasteiger partial charge in [0.05, 0.1) is 6.61 Å². The molecule has 0 aliphatic rings. The Kier molecular flexibility index (Phi) is 5.04. The van der Waals surface area contributed by atoms with Gasteiger partial charge in [0.1, 0.15) is 5.75 Å². The number of hydrogen-bond acceptors (Lipinski definition) is 1. The van der Waals surface area contributed by atoms with Crippen LogP contribution in [0, 0.1) is 6.92 Å². The van der Waals surface area contributed by atoms with Gasteiger partial charge in [0.2, 0.25) is 0 Å². The lowest BCUT2D eigenvalue weighted by Crippen LogP contribution is -1.94. The number of aromatic amines is 1. The molecule has 2 nitrogen and oxygen atoms in total. The second-order valence-electron chi connectivity index (χ2n) is 4.66.